The molecule has 0 heterocycles. The summed E-state index contributed by atoms with van der Waals surface area (Å²) in [5.74, 6) is 1.35. The fourth-order valence-electron chi connectivity index (χ4n) is 2.53. The zero-order valence-corrected chi connectivity index (χ0v) is 14.1. The summed E-state index contributed by atoms with van der Waals surface area (Å²) in [5, 5.41) is 13.7. The molecule has 1 aliphatic carbocycles. The van der Waals surface area contributed by atoms with Crippen LogP contribution in [0.1, 0.15) is 41.0 Å². The molecule has 0 aliphatic heterocycles. The van der Waals surface area contributed by atoms with Gasteiger partial charge >= 0.3 is 0 Å². The molecule has 1 saturated carbocycles. The Hall–Kier alpha value is 0.230. The molecule has 3 unspecified atom stereocenters. The number of ether oxygens (including phenoxy) is 1. The standard InChI is InChI=1S/C15H31NO2S/c1-11(2)8-18-13-7-12(14(13,3)4)16-9-15(5,17)10-19-6/h11-13,16-17H,7-10H2,1-6H3. The van der Waals surface area contributed by atoms with Crippen molar-refractivity contribution in [3.63, 3.8) is 0 Å². The average Bonchev–Trinajstić information content (AvgIpc) is 2.26. The molecule has 0 aromatic heterocycles. The van der Waals surface area contributed by atoms with Gasteiger partial charge in [-0.2, -0.15) is 11.8 Å². The molecule has 0 radical (unpaired) electrons. The number of thioether (sulfide) groups is 1. The molecular weight excluding hydrogens is 258 g/mol. The highest BCUT2D eigenvalue weighted by Crippen LogP contribution is 2.43. The first-order valence-electron chi connectivity index (χ1n) is 7.25. The third kappa shape index (κ3) is 4.92. The van der Waals surface area contributed by atoms with Crippen LogP contribution in [0.3, 0.4) is 0 Å². The molecule has 19 heavy (non-hydrogen) atoms. The van der Waals surface area contributed by atoms with E-state index in [4.69, 9.17) is 4.74 Å². The molecule has 0 aromatic carbocycles. The predicted molar refractivity (Wildman–Crippen MR) is 83.8 cm³/mol. The summed E-state index contributed by atoms with van der Waals surface area (Å²) < 4.78 is 5.96. The maximum atomic E-state index is 10.2. The van der Waals surface area contributed by atoms with Crippen molar-refractivity contribution >= 4 is 11.8 Å². The van der Waals surface area contributed by atoms with Gasteiger partial charge in [0.25, 0.3) is 0 Å². The Kier molecular flexibility index (Phi) is 6.18. The Morgan fingerprint density at radius 3 is 2.58 bits per heavy atom. The third-order valence-corrected chi connectivity index (χ3v) is 4.90. The summed E-state index contributed by atoms with van der Waals surface area (Å²) in [6.45, 7) is 12.3. The lowest BCUT2D eigenvalue weighted by Gasteiger charge is -2.52. The highest BCUT2D eigenvalue weighted by atomic mass is 32.2. The Labute approximate surface area is 122 Å². The summed E-state index contributed by atoms with van der Waals surface area (Å²) in [7, 11) is 0. The molecule has 0 amide bonds. The molecule has 1 rings (SSSR count). The van der Waals surface area contributed by atoms with Crippen molar-refractivity contribution in [2.75, 3.05) is 25.2 Å². The van der Waals surface area contributed by atoms with E-state index in [9.17, 15) is 5.11 Å². The molecule has 2 N–H and O–H groups in total. The summed E-state index contributed by atoms with van der Waals surface area (Å²) in [5.41, 5.74) is -0.469. The number of rotatable bonds is 8. The first-order valence-corrected chi connectivity index (χ1v) is 8.64. The molecule has 0 bridgehead atoms. The Morgan fingerprint density at radius 2 is 2.11 bits per heavy atom. The van der Waals surface area contributed by atoms with Crippen molar-refractivity contribution in [3.8, 4) is 0 Å². The van der Waals surface area contributed by atoms with E-state index in [1.165, 1.54) is 0 Å². The van der Waals surface area contributed by atoms with Crippen molar-refractivity contribution in [1.82, 2.24) is 5.32 Å². The maximum Gasteiger partial charge on any atom is 0.0833 e. The minimum Gasteiger partial charge on any atom is -0.388 e. The summed E-state index contributed by atoms with van der Waals surface area (Å²) in [6, 6.07) is 0.443. The van der Waals surface area contributed by atoms with Crippen LogP contribution in [0.5, 0.6) is 0 Å². The molecule has 4 heteroatoms. The van der Waals surface area contributed by atoms with Gasteiger partial charge in [0.2, 0.25) is 0 Å². The minimum atomic E-state index is -0.626. The molecule has 0 spiro atoms. The molecule has 0 saturated heterocycles. The van der Waals surface area contributed by atoms with Gasteiger partial charge in [-0.05, 0) is 25.5 Å². The Balaban J connectivity index is 2.34. The first kappa shape index (κ1) is 17.3. The van der Waals surface area contributed by atoms with E-state index in [2.05, 4.69) is 33.0 Å². The molecular formula is C15H31NO2S. The van der Waals surface area contributed by atoms with E-state index in [1.807, 2.05) is 13.2 Å². The van der Waals surface area contributed by atoms with Crippen molar-refractivity contribution in [2.45, 2.75) is 58.8 Å². The van der Waals surface area contributed by atoms with Crippen molar-refractivity contribution in [3.05, 3.63) is 0 Å². The van der Waals surface area contributed by atoms with Gasteiger partial charge in [-0.15, -0.1) is 0 Å². The zero-order chi connectivity index (χ0) is 14.7. The fourth-order valence-corrected chi connectivity index (χ4v) is 3.25. The molecule has 1 aliphatic rings. The Bertz CT molecular complexity index is 279. The Morgan fingerprint density at radius 1 is 1.47 bits per heavy atom. The van der Waals surface area contributed by atoms with Crippen LogP contribution in [-0.4, -0.2) is 48.0 Å². The fraction of sp³-hybridized carbons (Fsp3) is 1.00. The van der Waals surface area contributed by atoms with Crippen LogP contribution in [0.4, 0.5) is 0 Å². The van der Waals surface area contributed by atoms with Crippen LogP contribution in [0, 0.1) is 11.3 Å². The summed E-state index contributed by atoms with van der Waals surface area (Å²) in [4.78, 5) is 0. The molecule has 3 nitrogen and oxygen atoms in total. The molecule has 114 valence electrons. The van der Waals surface area contributed by atoms with Gasteiger partial charge < -0.3 is 15.2 Å². The molecule has 3 atom stereocenters. The van der Waals surface area contributed by atoms with Crippen LogP contribution in [0.25, 0.3) is 0 Å². The highest BCUT2D eigenvalue weighted by molar-refractivity contribution is 7.98. The van der Waals surface area contributed by atoms with Gasteiger partial charge in [-0.1, -0.05) is 27.7 Å². The second kappa shape index (κ2) is 6.79. The van der Waals surface area contributed by atoms with Gasteiger partial charge in [-0.25, -0.2) is 0 Å². The van der Waals surface area contributed by atoms with Gasteiger partial charge in [0.05, 0.1) is 11.7 Å². The quantitative estimate of drug-likeness (QED) is 0.720. The minimum absolute atomic E-state index is 0.157. The van der Waals surface area contributed by atoms with Crippen molar-refractivity contribution in [1.29, 1.82) is 0 Å². The maximum absolute atomic E-state index is 10.2. The topological polar surface area (TPSA) is 41.5 Å². The second-order valence-corrected chi connectivity index (χ2v) is 8.00. The molecule has 1 fully saturated rings. The van der Waals surface area contributed by atoms with Crippen LogP contribution in [0.2, 0.25) is 0 Å². The van der Waals surface area contributed by atoms with Crippen molar-refractivity contribution < 1.29 is 9.84 Å². The number of aliphatic hydroxyl groups is 1. The number of hydrogen-bond donors (Lipinski definition) is 2. The lowest BCUT2D eigenvalue weighted by atomic mass is 9.64. The summed E-state index contributed by atoms with van der Waals surface area (Å²) in [6.07, 6.45) is 3.42. The highest BCUT2D eigenvalue weighted by Gasteiger charge is 2.49. The SMILES string of the molecule is CSCC(C)(O)CNC1CC(OCC(C)C)C1(C)C. The predicted octanol–water partition coefficient (Wildman–Crippen LogP) is 2.53. The largest absolute Gasteiger partial charge is 0.388 e. The van der Waals surface area contributed by atoms with E-state index in [0.29, 0.717) is 24.6 Å². The van der Waals surface area contributed by atoms with Crippen molar-refractivity contribution in [2.24, 2.45) is 11.3 Å². The first-order chi connectivity index (χ1) is 8.69. The van der Waals surface area contributed by atoms with E-state index in [0.717, 1.165) is 18.8 Å². The monoisotopic (exact) mass is 289 g/mol. The van der Waals surface area contributed by atoms with Gasteiger partial charge in [0, 0.05) is 30.4 Å². The zero-order valence-electron chi connectivity index (χ0n) is 13.3. The number of nitrogens with one attached hydrogen (secondary N) is 1. The van der Waals surface area contributed by atoms with Crippen LogP contribution >= 0.6 is 11.8 Å². The average molecular weight is 289 g/mol. The van der Waals surface area contributed by atoms with Crippen LogP contribution in [0.15, 0.2) is 0 Å². The second-order valence-electron chi connectivity index (χ2n) is 7.14. The lowest BCUT2D eigenvalue weighted by molar-refractivity contribution is -0.126. The van der Waals surface area contributed by atoms with E-state index in [-0.39, 0.29) is 5.41 Å². The van der Waals surface area contributed by atoms with E-state index < -0.39 is 5.60 Å². The van der Waals surface area contributed by atoms with Gasteiger partial charge in [0.1, 0.15) is 0 Å². The number of hydrogen-bond acceptors (Lipinski definition) is 4. The van der Waals surface area contributed by atoms with E-state index in [1.54, 1.807) is 11.8 Å². The van der Waals surface area contributed by atoms with E-state index >= 15 is 0 Å². The van der Waals surface area contributed by atoms with Gasteiger partial charge in [0.15, 0.2) is 0 Å². The van der Waals surface area contributed by atoms with Crippen LogP contribution < -0.4 is 5.32 Å². The third-order valence-electron chi connectivity index (χ3n) is 3.99. The van der Waals surface area contributed by atoms with Gasteiger partial charge in [-0.3, -0.25) is 0 Å². The summed E-state index contributed by atoms with van der Waals surface area (Å²) >= 11 is 1.68. The molecule has 0 aromatic rings. The van der Waals surface area contributed by atoms with Crippen LogP contribution in [-0.2, 0) is 4.74 Å². The lowest BCUT2D eigenvalue weighted by Crippen LogP contribution is -2.63. The smallest absolute Gasteiger partial charge is 0.0833 e. The normalized spacial score (nSPS) is 29.1.